The van der Waals surface area contributed by atoms with Gasteiger partial charge in [-0.15, -0.1) is 12.4 Å². The summed E-state index contributed by atoms with van der Waals surface area (Å²) in [5, 5.41) is 3.82. The summed E-state index contributed by atoms with van der Waals surface area (Å²) < 4.78 is 1.58. The van der Waals surface area contributed by atoms with Gasteiger partial charge in [0.1, 0.15) is 0 Å². The molecule has 0 saturated carbocycles. The van der Waals surface area contributed by atoms with Crippen molar-refractivity contribution in [2.75, 3.05) is 0 Å². The Morgan fingerprint density at radius 1 is 1.33 bits per heavy atom. The Kier molecular flexibility index (Phi) is 11.7. The molecule has 0 amide bonds. The number of fused-ring (bicyclic) bond motifs is 1. The summed E-state index contributed by atoms with van der Waals surface area (Å²) in [4.78, 5) is 10.3. The summed E-state index contributed by atoms with van der Waals surface area (Å²) in [6.45, 7) is 4.00. The van der Waals surface area contributed by atoms with E-state index in [1.807, 2.05) is 26.0 Å². The molecule has 74 valence electrons. The molecule has 0 aliphatic carbocycles. The van der Waals surface area contributed by atoms with Crippen molar-refractivity contribution >= 4 is 11.8 Å². The van der Waals surface area contributed by atoms with Gasteiger partial charge in [0.05, 0.1) is 0 Å². The van der Waals surface area contributed by atoms with Gasteiger partial charge in [0.25, 0.3) is 0 Å². The van der Waals surface area contributed by atoms with E-state index >= 15 is 0 Å². The predicted octanol–water partition coefficient (Wildman–Crippen LogP) is 1.61. The maximum absolute atomic E-state index is 10.3. The molecule has 0 bridgehead atoms. The molecule has 0 atom stereocenters. The van der Waals surface area contributed by atoms with E-state index in [1.165, 1.54) is 0 Å². The minimum Gasteiger partial charge on any atom is -0.462 e. The average Bonchev–Trinajstić information content (AvgIpc) is 2.64. The van der Waals surface area contributed by atoms with Crippen molar-refractivity contribution in [1.29, 1.82) is 0 Å². The molecule has 2 radical (unpaired) electrons. The van der Waals surface area contributed by atoms with E-state index < -0.39 is 0 Å². The van der Waals surface area contributed by atoms with E-state index in [0.29, 0.717) is 5.56 Å². The van der Waals surface area contributed by atoms with Crippen LogP contribution >= 0.6 is 0 Å². The Labute approximate surface area is 140 Å². The van der Waals surface area contributed by atoms with Crippen LogP contribution in [-0.4, -0.2) is 15.9 Å². The molecular formula is C10H10N2OY2-2. The second kappa shape index (κ2) is 9.77. The van der Waals surface area contributed by atoms with Gasteiger partial charge in [0.15, 0.2) is 0 Å². The van der Waals surface area contributed by atoms with Crippen molar-refractivity contribution < 1.29 is 70.2 Å². The number of carbonyl (C=O) groups excluding carboxylic acids is 1. The fraction of sp³-hybridized carbons (Fsp3) is 0.200. The molecule has 2 aromatic heterocycles. The van der Waals surface area contributed by atoms with Crippen LogP contribution in [0.25, 0.3) is 5.52 Å². The zero-order valence-corrected chi connectivity index (χ0v) is 14.4. The molecule has 0 fully saturated rings. The minimum atomic E-state index is 0. The number of hydrogen-bond donors (Lipinski definition) is 0. The van der Waals surface area contributed by atoms with E-state index in [2.05, 4.69) is 11.3 Å². The average molecular weight is 352 g/mol. The van der Waals surface area contributed by atoms with Gasteiger partial charge in [-0.05, 0) is 6.07 Å². The SMILES string of the molecule is CC.O=[C-]c1[c-]nn2ccccc12.[Y].[Y]. The summed E-state index contributed by atoms with van der Waals surface area (Å²) >= 11 is 0. The van der Waals surface area contributed by atoms with Crippen LogP contribution in [0.1, 0.15) is 19.4 Å². The quantitative estimate of drug-likeness (QED) is 0.731. The first kappa shape index (κ1) is 17.9. The van der Waals surface area contributed by atoms with Crippen LogP contribution in [-0.2, 0) is 70.2 Å². The first-order chi connectivity index (χ1) is 6.42. The largest absolute Gasteiger partial charge is 0.462 e. The zero-order chi connectivity index (χ0) is 9.68. The molecule has 2 rings (SSSR count). The van der Waals surface area contributed by atoms with Gasteiger partial charge < -0.3 is 14.4 Å². The Balaban J connectivity index is 0. The van der Waals surface area contributed by atoms with Gasteiger partial charge in [-0.3, -0.25) is 5.56 Å². The molecule has 0 aromatic carbocycles. The van der Waals surface area contributed by atoms with Crippen molar-refractivity contribution in [3.63, 3.8) is 0 Å². The molecule has 0 saturated heterocycles. The molecule has 0 aliphatic rings. The molecule has 2 heterocycles. The fourth-order valence-electron chi connectivity index (χ4n) is 0.956. The third-order valence-corrected chi connectivity index (χ3v) is 1.47. The second-order valence-corrected chi connectivity index (χ2v) is 2.12. The van der Waals surface area contributed by atoms with E-state index in [0.717, 1.165) is 5.52 Å². The Morgan fingerprint density at radius 2 is 2.00 bits per heavy atom. The van der Waals surface area contributed by atoms with Gasteiger partial charge >= 0.3 is 0 Å². The van der Waals surface area contributed by atoms with Crippen molar-refractivity contribution in [1.82, 2.24) is 9.61 Å². The molecule has 5 heteroatoms. The topological polar surface area (TPSA) is 34.4 Å². The molecule has 15 heavy (non-hydrogen) atoms. The third kappa shape index (κ3) is 4.52. The summed E-state index contributed by atoms with van der Waals surface area (Å²) in [6, 6.07) is 5.47. The molecule has 0 unspecified atom stereocenters. The van der Waals surface area contributed by atoms with Gasteiger partial charge in [0, 0.05) is 71.6 Å². The molecule has 0 N–H and O–H groups in total. The van der Waals surface area contributed by atoms with Crippen LogP contribution < -0.4 is 0 Å². The zero-order valence-electron chi connectivity index (χ0n) is 8.77. The van der Waals surface area contributed by atoms with Gasteiger partial charge in [0.2, 0.25) is 0 Å². The van der Waals surface area contributed by atoms with Crippen LogP contribution in [0.2, 0.25) is 0 Å². The Bertz CT molecular complexity index is 401. The fourth-order valence-corrected chi connectivity index (χ4v) is 0.956. The van der Waals surface area contributed by atoms with Gasteiger partial charge in [-0.1, -0.05) is 19.9 Å². The summed E-state index contributed by atoms with van der Waals surface area (Å²) in [5.41, 5.74) is 1.12. The maximum atomic E-state index is 10.3. The monoisotopic (exact) mass is 352 g/mol. The number of rotatable bonds is 1. The Morgan fingerprint density at radius 3 is 2.60 bits per heavy atom. The number of aromatic nitrogens is 2. The minimum absolute atomic E-state index is 0. The van der Waals surface area contributed by atoms with E-state index in [9.17, 15) is 4.79 Å². The van der Waals surface area contributed by atoms with Crippen LogP contribution in [0.5, 0.6) is 0 Å². The molecule has 0 spiro atoms. The summed E-state index contributed by atoms with van der Waals surface area (Å²) in [6.07, 6.45) is 6.07. The van der Waals surface area contributed by atoms with Crippen molar-refractivity contribution in [3.8, 4) is 0 Å². The standard InChI is InChI=1S/C8H4N2O.C2H6.2Y/c11-6-7-5-9-10-4-2-1-3-8(7)10;1-2;;/h1-4H;1-2H3;;/q-2;;;. The first-order valence-corrected chi connectivity index (χ1v) is 4.15. The molecule has 2 aromatic rings. The van der Waals surface area contributed by atoms with E-state index in [-0.39, 0.29) is 65.4 Å². The number of nitrogens with zero attached hydrogens (tertiary/aromatic N) is 2. The summed E-state index contributed by atoms with van der Waals surface area (Å²) in [7, 11) is 0. The second-order valence-electron chi connectivity index (χ2n) is 2.12. The van der Waals surface area contributed by atoms with Gasteiger partial charge in [-0.2, -0.15) is 5.52 Å². The normalized spacial score (nSPS) is 7.87. The van der Waals surface area contributed by atoms with E-state index in [4.69, 9.17) is 0 Å². The first-order valence-electron chi connectivity index (χ1n) is 4.15. The van der Waals surface area contributed by atoms with E-state index in [1.54, 1.807) is 23.1 Å². The smallest absolute Gasteiger partial charge is 0.000450 e. The summed E-state index contributed by atoms with van der Waals surface area (Å²) in [5.74, 6) is 0. The molecule has 3 nitrogen and oxygen atoms in total. The van der Waals surface area contributed by atoms with Crippen LogP contribution in [0.3, 0.4) is 0 Å². The number of pyridine rings is 1. The third-order valence-electron chi connectivity index (χ3n) is 1.47. The van der Waals surface area contributed by atoms with Crippen LogP contribution in [0.4, 0.5) is 0 Å². The maximum Gasteiger partial charge on any atom is 0.000450 e. The van der Waals surface area contributed by atoms with Crippen molar-refractivity contribution in [2.45, 2.75) is 13.8 Å². The Hall–Kier alpha value is 0.568. The van der Waals surface area contributed by atoms with Crippen molar-refractivity contribution in [2.24, 2.45) is 0 Å². The van der Waals surface area contributed by atoms with Crippen LogP contribution in [0, 0.1) is 6.20 Å². The predicted molar refractivity (Wildman–Crippen MR) is 50.2 cm³/mol. The molecule has 0 aliphatic heterocycles. The molecular weight excluding hydrogens is 342 g/mol. The van der Waals surface area contributed by atoms with Gasteiger partial charge in [-0.25, -0.2) is 6.20 Å². The van der Waals surface area contributed by atoms with Crippen molar-refractivity contribution in [3.05, 3.63) is 36.2 Å². The van der Waals surface area contributed by atoms with Crippen LogP contribution in [0.15, 0.2) is 24.4 Å². The number of hydrogen-bond acceptors (Lipinski definition) is 2.